The molecular weight excluding hydrogens is 218 g/mol. The second-order valence-electron chi connectivity index (χ2n) is 7.22. The first-order valence-electron chi connectivity index (χ1n) is 6.77. The van der Waals surface area contributed by atoms with Crippen LogP contribution in [0.4, 0.5) is 0 Å². The third kappa shape index (κ3) is 5.48. The van der Waals surface area contributed by atoms with Crippen molar-refractivity contribution >= 4 is 6.21 Å². The SMILES string of the molecule is CC(C)(C)C=NC(Cc1ccccc1)C(C)(C)C. The molecule has 0 N–H and O–H groups in total. The van der Waals surface area contributed by atoms with E-state index >= 15 is 0 Å². The molecule has 0 radical (unpaired) electrons. The smallest absolute Gasteiger partial charge is 0.0584 e. The average molecular weight is 245 g/mol. The van der Waals surface area contributed by atoms with E-state index in [0.717, 1.165) is 6.42 Å². The van der Waals surface area contributed by atoms with Crippen molar-refractivity contribution in [3.05, 3.63) is 35.9 Å². The zero-order chi connectivity index (χ0) is 13.8. The lowest BCUT2D eigenvalue weighted by atomic mass is 9.83. The second kappa shape index (κ2) is 5.69. The molecular formula is C17H27N. The normalized spacial score (nSPS) is 15.0. The van der Waals surface area contributed by atoms with Gasteiger partial charge in [-0.2, -0.15) is 0 Å². The molecule has 100 valence electrons. The van der Waals surface area contributed by atoms with Gasteiger partial charge in [-0.05, 0) is 22.8 Å². The first-order chi connectivity index (χ1) is 8.18. The van der Waals surface area contributed by atoms with Crippen molar-refractivity contribution in [1.29, 1.82) is 0 Å². The van der Waals surface area contributed by atoms with Crippen LogP contribution < -0.4 is 0 Å². The lowest BCUT2D eigenvalue weighted by Gasteiger charge is -2.28. The van der Waals surface area contributed by atoms with Crippen LogP contribution in [-0.2, 0) is 6.42 Å². The summed E-state index contributed by atoms with van der Waals surface area (Å²) in [7, 11) is 0. The van der Waals surface area contributed by atoms with Crippen molar-refractivity contribution in [3.63, 3.8) is 0 Å². The zero-order valence-electron chi connectivity index (χ0n) is 12.7. The molecule has 1 aromatic carbocycles. The summed E-state index contributed by atoms with van der Waals surface area (Å²) in [5.74, 6) is 0. The van der Waals surface area contributed by atoms with Gasteiger partial charge in [0.15, 0.2) is 0 Å². The Hall–Kier alpha value is -1.11. The highest BCUT2D eigenvalue weighted by atomic mass is 14.8. The molecule has 1 nitrogen and oxygen atoms in total. The quantitative estimate of drug-likeness (QED) is 0.681. The molecule has 0 spiro atoms. The molecule has 0 saturated carbocycles. The Labute approximate surface area is 112 Å². The van der Waals surface area contributed by atoms with Gasteiger partial charge in [0.25, 0.3) is 0 Å². The Morgan fingerprint density at radius 3 is 2.00 bits per heavy atom. The highest BCUT2D eigenvalue weighted by molar-refractivity contribution is 5.64. The van der Waals surface area contributed by atoms with Gasteiger partial charge >= 0.3 is 0 Å². The lowest BCUT2D eigenvalue weighted by Crippen LogP contribution is -2.28. The molecule has 0 saturated heterocycles. The molecule has 0 aliphatic heterocycles. The number of hydrogen-bond donors (Lipinski definition) is 0. The van der Waals surface area contributed by atoms with E-state index in [-0.39, 0.29) is 10.8 Å². The minimum absolute atomic E-state index is 0.153. The summed E-state index contributed by atoms with van der Waals surface area (Å²) in [5.41, 5.74) is 1.71. The highest BCUT2D eigenvalue weighted by Crippen LogP contribution is 2.26. The maximum atomic E-state index is 4.84. The van der Waals surface area contributed by atoms with Gasteiger partial charge in [-0.3, -0.25) is 4.99 Å². The number of hydrogen-bond acceptors (Lipinski definition) is 1. The maximum absolute atomic E-state index is 4.84. The van der Waals surface area contributed by atoms with Gasteiger partial charge in [0.1, 0.15) is 0 Å². The Balaban J connectivity index is 2.84. The summed E-state index contributed by atoms with van der Waals surface area (Å²) in [5, 5.41) is 0. The van der Waals surface area contributed by atoms with E-state index in [2.05, 4.69) is 78.1 Å². The van der Waals surface area contributed by atoms with Crippen molar-refractivity contribution < 1.29 is 0 Å². The molecule has 0 aromatic heterocycles. The van der Waals surface area contributed by atoms with Crippen molar-refractivity contribution in [2.75, 3.05) is 0 Å². The Morgan fingerprint density at radius 1 is 1.00 bits per heavy atom. The summed E-state index contributed by atoms with van der Waals surface area (Å²) in [6.45, 7) is 13.4. The van der Waals surface area contributed by atoms with Crippen LogP contribution in [0.1, 0.15) is 47.1 Å². The average Bonchev–Trinajstić information content (AvgIpc) is 2.22. The van der Waals surface area contributed by atoms with Crippen LogP contribution in [0, 0.1) is 10.8 Å². The van der Waals surface area contributed by atoms with E-state index < -0.39 is 0 Å². The first kappa shape index (κ1) is 14.9. The number of rotatable bonds is 3. The highest BCUT2D eigenvalue weighted by Gasteiger charge is 2.24. The molecule has 18 heavy (non-hydrogen) atoms. The van der Waals surface area contributed by atoms with Crippen LogP contribution in [0.3, 0.4) is 0 Å². The van der Waals surface area contributed by atoms with Crippen LogP contribution in [-0.4, -0.2) is 12.3 Å². The lowest BCUT2D eigenvalue weighted by molar-refractivity contribution is 0.319. The zero-order valence-corrected chi connectivity index (χ0v) is 12.7. The Kier molecular flexibility index (Phi) is 4.72. The number of benzene rings is 1. The molecule has 0 heterocycles. The fraction of sp³-hybridized carbons (Fsp3) is 0.588. The fourth-order valence-electron chi connectivity index (χ4n) is 1.73. The molecule has 0 aliphatic carbocycles. The van der Waals surface area contributed by atoms with Crippen LogP contribution in [0.25, 0.3) is 0 Å². The maximum Gasteiger partial charge on any atom is 0.0584 e. The molecule has 1 atom stereocenters. The minimum Gasteiger partial charge on any atom is -0.293 e. The topological polar surface area (TPSA) is 12.4 Å². The molecule has 0 amide bonds. The van der Waals surface area contributed by atoms with Gasteiger partial charge in [-0.1, -0.05) is 71.9 Å². The minimum atomic E-state index is 0.153. The summed E-state index contributed by atoms with van der Waals surface area (Å²) in [6.07, 6.45) is 3.11. The standard InChI is InChI=1S/C17H27N/c1-16(2,3)13-18-15(17(4,5)6)12-14-10-8-7-9-11-14/h7-11,13,15H,12H2,1-6H3. The summed E-state index contributed by atoms with van der Waals surface area (Å²) < 4.78 is 0. The fourth-order valence-corrected chi connectivity index (χ4v) is 1.73. The van der Waals surface area contributed by atoms with E-state index in [9.17, 15) is 0 Å². The van der Waals surface area contributed by atoms with E-state index in [1.807, 2.05) is 0 Å². The van der Waals surface area contributed by atoms with Gasteiger partial charge in [0.05, 0.1) is 6.04 Å². The number of nitrogens with zero attached hydrogens (tertiary/aromatic N) is 1. The molecule has 0 aliphatic rings. The van der Waals surface area contributed by atoms with Gasteiger partial charge < -0.3 is 0 Å². The summed E-state index contributed by atoms with van der Waals surface area (Å²) >= 11 is 0. The van der Waals surface area contributed by atoms with E-state index in [4.69, 9.17) is 4.99 Å². The monoisotopic (exact) mass is 245 g/mol. The molecule has 1 heteroatoms. The summed E-state index contributed by atoms with van der Waals surface area (Å²) in [4.78, 5) is 4.84. The van der Waals surface area contributed by atoms with Gasteiger partial charge in [0.2, 0.25) is 0 Å². The van der Waals surface area contributed by atoms with Crippen molar-refractivity contribution in [2.45, 2.75) is 54.0 Å². The van der Waals surface area contributed by atoms with Gasteiger partial charge in [-0.15, -0.1) is 0 Å². The third-order valence-electron chi connectivity index (χ3n) is 2.91. The predicted octanol–water partition coefficient (Wildman–Crippen LogP) is 4.76. The molecule has 0 bridgehead atoms. The number of aliphatic imine (C=N–C) groups is 1. The predicted molar refractivity (Wildman–Crippen MR) is 81.3 cm³/mol. The largest absolute Gasteiger partial charge is 0.293 e. The molecule has 1 aromatic rings. The molecule has 1 unspecified atom stereocenters. The first-order valence-corrected chi connectivity index (χ1v) is 6.77. The Bertz CT molecular complexity index is 376. The van der Waals surface area contributed by atoms with E-state index in [1.54, 1.807) is 0 Å². The van der Waals surface area contributed by atoms with Crippen molar-refractivity contribution in [2.24, 2.45) is 15.8 Å². The van der Waals surface area contributed by atoms with Crippen LogP contribution in [0.5, 0.6) is 0 Å². The van der Waals surface area contributed by atoms with Crippen molar-refractivity contribution in [1.82, 2.24) is 0 Å². The van der Waals surface area contributed by atoms with Crippen LogP contribution in [0.15, 0.2) is 35.3 Å². The summed E-state index contributed by atoms with van der Waals surface area (Å²) in [6, 6.07) is 11.0. The molecule has 0 fully saturated rings. The second-order valence-corrected chi connectivity index (χ2v) is 7.22. The van der Waals surface area contributed by atoms with Crippen molar-refractivity contribution in [3.8, 4) is 0 Å². The Morgan fingerprint density at radius 2 is 1.56 bits per heavy atom. The van der Waals surface area contributed by atoms with Crippen LogP contribution in [0.2, 0.25) is 0 Å². The molecule has 1 rings (SSSR count). The van der Waals surface area contributed by atoms with E-state index in [0.29, 0.717) is 6.04 Å². The van der Waals surface area contributed by atoms with Gasteiger partial charge in [0, 0.05) is 6.21 Å². The van der Waals surface area contributed by atoms with Gasteiger partial charge in [-0.25, -0.2) is 0 Å². The van der Waals surface area contributed by atoms with Crippen LogP contribution >= 0.6 is 0 Å². The third-order valence-corrected chi connectivity index (χ3v) is 2.91. The van der Waals surface area contributed by atoms with E-state index in [1.165, 1.54) is 5.56 Å².